The number of hydrogen-bond acceptors (Lipinski definition) is 4. The Hall–Kier alpha value is -1.69. The first-order chi connectivity index (χ1) is 13.9. The van der Waals surface area contributed by atoms with Crippen LogP contribution in [0.1, 0.15) is 40.6 Å². The first-order valence-corrected chi connectivity index (χ1v) is 11.5. The molecule has 0 bridgehead atoms. The summed E-state index contributed by atoms with van der Waals surface area (Å²) in [6.07, 6.45) is 3.74. The number of nitrogens with zero attached hydrogens (tertiary/aromatic N) is 2. The number of thiophene rings is 1. The third-order valence-electron chi connectivity index (χ3n) is 5.55. The normalized spacial score (nSPS) is 17.3. The van der Waals surface area contributed by atoms with Gasteiger partial charge in [0.1, 0.15) is 0 Å². The molecule has 0 aliphatic carbocycles. The van der Waals surface area contributed by atoms with E-state index in [1.165, 1.54) is 29.7 Å². The molecule has 6 heteroatoms. The molecule has 1 saturated heterocycles. The molecule has 0 unspecified atom stereocenters. The number of carbonyl (C=O) groups is 2. The maximum absolute atomic E-state index is 12.6. The van der Waals surface area contributed by atoms with E-state index in [-0.39, 0.29) is 11.7 Å². The number of hydrogen-bond donors (Lipinski definition) is 0. The van der Waals surface area contributed by atoms with Crippen LogP contribution in [0.25, 0.3) is 0 Å². The zero-order valence-corrected chi connectivity index (χ0v) is 18.8. The van der Waals surface area contributed by atoms with E-state index in [1.54, 1.807) is 6.92 Å². The summed E-state index contributed by atoms with van der Waals surface area (Å²) in [5.41, 5.74) is 2.25. The van der Waals surface area contributed by atoms with Crippen molar-refractivity contribution in [3.8, 4) is 0 Å². The van der Waals surface area contributed by atoms with Gasteiger partial charge in [-0.25, -0.2) is 0 Å². The van der Waals surface area contributed by atoms with Crippen molar-refractivity contribution in [2.75, 3.05) is 33.2 Å². The summed E-state index contributed by atoms with van der Waals surface area (Å²) < 4.78 is 0. The van der Waals surface area contributed by atoms with Crippen molar-refractivity contribution in [2.24, 2.45) is 5.92 Å². The average molecular weight is 433 g/mol. The Kier molecular flexibility index (Phi) is 7.87. The molecule has 1 fully saturated rings. The predicted molar refractivity (Wildman–Crippen MR) is 120 cm³/mol. The van der Waals surface area contributed by atoms with Gasteiger partial charge >= 0.3 is 0 Å². The van der Waals surface area contributed by atoms with Gasteiger partial charge in [0, 0.05) is 31.7 Å². The number of benzene rings is 1. The number of rotatable bonds is 8. The van der Waals surface area contributed by atoms with Crippen LogP contribution in [0.2, 0.25) is 5.02 Å². The molecular weight excluding hydrogens is 404 g/mol. The summed E-state index contributed by atoms with van der Waals surface area (Å²) in [4.78, 5) is 29.1. The molecule has 156 valence electrons. The van der Waals surface area contributed by atoms with Gasteiger partial charge in [0.25, 0.3) is 0 Å². The Morgan fingerprint density at radius 1 is 1.24 bits per heavy atom. The third kappa shape index (κ3) is 6.66. The predicted octanol–water partition coefficient (Wildman–Crippen LogP) is 4.56. The summed E-state index contributed by atoms with van der Waals surface area (Å²) >= 11 is 7.38. The van der Waals surface area contributed by atoms with Crippen LogP contribution in [0.5, 0.6) is 0 Å². The van der Waals surface area contributed by atoms with Gasteiger partial charge < -0.3 is 9.80 Å². The third-order valence-corrected chi connectivity index (χ3v) is 6.88. The summed E-state index contributed by atoms with van der Waals surface area (Å²) in [6.45, 7) is 5.56. The Balaban J connectivity index is 1.45. The van der Waals surface area contributed by atoms with Crippen LogP contribution in [0.3, 0.4) is 0 Å². The Morgan fingerprint density at radius 2 is 2.00 bits per heavy atom. The van der Waals surface area contributed by atoms with Crippen molar-refractivity contribution >= 4 is 34.6 Å². The molecule has 1 amide bonds. The second-order valence-electron chi connectivity index (χ2n) is 8.01. The van der Waals surface area contributed by atoms with Gasteiger partial charge in [-0.3, -0.25) is 9.59 Å². The zero-order chi connectivity index (χ0) is 20.8. The molecule has 1 aromatic heterocycles. The number of amides is 1. The minimum Gasteiger partial charge on any atom is -0.345 e. The van der Waals surface area contributed by atoms with Gasteiger partial charge in [0.15, 0.2) is 5.78 Å². The molecule has 1 aliphatic heterocycles. The van der Waals surface area contributed by atoms with E-state index >= 15 is 0 Å². The van der Waals surface area contributed by atoms with E-state index in [0.717, 1.165) is 48.1 Å². The van der Waals surface area contributed by atoms with Crippen molar-refractivity contribution in [1.82, 2.24) is 9.80 Å². The van der Waals surface area contributed by atoms with Crippen molar-refractivity contribution in [3.05, 3.63) is 56.7 Å². The molecule has 1 aromatic carbocycles. The van der Waals surface area contributed by atoms with Gasteiger partial charge in [0.05, 0.1) is 11.3 Å². The highest BCUT2D eigenvalue weighted by Gasteiger charge is 2.23. The monoisotopic (exact) mass is 432 g/mol. The van der Waals surface area contributed by atoms with Gasteiger partial charge in [-0.15, -0.1) is 11.3 Å². The Morgan fingerprint density at radius 3 is 2.69 bits per heavy atom. The second kappa shape index (κ2) is 10.4. The van der Waals surface area contributed by atoms with Crippen molar-refractivity contribution in [2.45, 2.75) is 32.6 Å². The highest BCUT2D eigenvalue weighted by atomic mass is 35.5. The Labute approximate surface area is 182 Å². The van der Waals surface area contributed by atoms with Gasteiger partial charge in [-0.05, 0) is 73.4 Å². The second-order valence-corrected chi connectivity index (χ2v) is 9.36. The minimum atomic E-state index is 0.0583. The number of Topliss-reactive ketones (excluding diaryl/α,β-unsaturated/α-hetero) is 1. The fourth-order valence-electron chi connectivity index (χ4n) is 3.89. The Bertz CT molecular complexity index is 834. The number of halogens is 1. The fourth-order valence-corrected chi connectivity index (χ4v) is 4.83. The van der Waals surface area contributed by atoms with E-state index in [9.17, 15) is 9.59 Å². The molecule has 1 aliphatic rings. The maximum atomic E-state index is 12.6. The van der Waals surface area contributed by atoms with Crippen molar-refractivity contribution in [3.63, 3.8) is 0 Å². The van der Waals surface area contributed by atoms with E-state index < -0.39 is 0 Å². The standard InChI is InChI=1S/C23H29ClN2O2S/c1-17(27)22-12-20(16-29-22)13-23(28)25(2)14-19-4-3-10-26(15-19)11-9-18-5-7-21(24)8-6-18/h5-8,12,16,19H,3-4,9-11,13-15H2,1-2H3/t19-/m1/s1. The van der Waals surface area contributed by atoms with E-state index in [4.69, 9.17) is 11.6 Å². The van der Waals surface area contributed by atoms with Gasteiger partial charge in [-0.2, -0.15) is 0 Å². The maximum Gasteiger partial charge on any atom is 0.226 e. The van der Waals surface area contributed by atoms with Crippen molar-refractivity contribution in [1.29, 1.82) is 0 Å². The zero-order valence-electron chi connectivity index (χ0n) is 17.2. The lowest BCUT2D eigenvalue weighted by Crippen LogP contribution is -2.42. The first-order valence-electron chi connectivity index (χ1n) is 10.2. The van der Waals surface area contributed by atoms with Crippen LogP contribution in [-0.4, -0.2) is 54.7 Å². The largest absolute Gasteiger partial charge is 0.345 e. The molecule has 3 rings (SSSR count). The minimum absolute atomic E-state index is 0.0583. The van der Waals surface area contributed by atoms with Crippen molar-refractivity contribution < 1.29 is 9.59 Å². The molecule has 4 nitrogen and oxygen atoms in total. The molecule has 0 radical (unpaired) electrons. The molecule has 29 heavy (non-hydrogen) atoms. The number of likely N-dealkylation sites (N-methyl/N-ethyl adjacent to an activating group) is 1. The smallest absolute Gasteiger partial charge is 0.226 e. The van der Waals surface area contributed by atoms with Crippen LogP contribution in [0.4, 0.5) is 0 Å². The molecular formula is C23H29ClN2O2S. The number of carbonyl (C=O) groups excluding carboxylic acids is 2. The molecule has 0 saturated carbocycles. The van der Waals surface area contributed by atoms with E-state index in [2.05, 4.69) is 17.0 Å². The highest BCUT2D eigenvalue weighted by Crippen LogP contribution is 2.20. The average Bonchev–Trinajstić information content (AvgIpc) is 3.17. The van der Waals surface area contributed by atoms with Crippen LogP contribution in [0.15, 0.2) is 35.7 Å². The lowest BCUT2D eigenvalue weighted by Gasteiger charge is -2.34. The first kappa shape index (κ1) is 22.0. The number of ketones is 1. The molecule has 1 atom stereocenters. The van der Waals surface area contributed by atoms with Crippen LogP contribution in [0, 0.1) is 5.92 Å². The topological polar surface area (TPSA) is 40.6 Å². The quantitative estimate of drug-likeness (QED) is 0.574. The molecule has 2 aromatic rings. The highest BCUT2D eigenvalue weighted by molar-refractivity contribution is 7.12. The van der Waals surface area contributed by atoms with E-state index in [1.807, 2.05) is 35.5 Å². The fraction of sp³-hybridized carbons (Fsp3) is 0.478. The summed E-state index contributed by atoms with van der Waals surface area (Å²) in [5, 5.41) is 2.70. The summed E-state index contributed by atoms with van der Waals surface area (Å²) in [6, 6.07) is 9.93. The molecule has 2 heterocycles. The lowest BCUT2D eigenvalue weighted by atomic mass is 9.97. The summed E-state index contributed by atoms with van der Waals surface area (Å²) in [5.74, 6) is 0.692. The van der Waals surface area contributed by atoms with Crippen LogP contribution in [-0.2, 0) is 17.6 Å². The van der Waals surface area contributed by atoms with Gasteiger partial charge in [0.2, 0.25) is 5.91 Å². The lowest BCUT2D eigenvalue weighted by molar-refractivity contribution is -0.130. The van der Waals surface area contributed by atoms with E-state index in [0.29, 0.717) is 12.3 Å². The van der Waals surface area contributed by atoms with Crippen LogP contribution >= 0.6 is 22.9 Å². The van der Waals surface area contributed by atoms with Gasteiger partial charge in [-0.1, -0.05) is 23.7 Å². The van der Waals surface area contributed by atoms with Crippen LogP contribution < -0.4 is 0 Å². The number of likely N-dealkylation sites (tertiary alicyclic amines) is 1. The molecule has 0 spiro atoms. The molecule has 0 N–H and O–H groups in total. The summed E-state index contributed by atoms with van der Waals surface area (Å²) in [7, 11) is 1.90. The number of piperidine rings is 1. The SMILES string of the molecule is CC(=O)c1cc(CC(=O)N(C)C[C@H]2CCCN(CCc3ccc(Cl)cc3)C2)cs1.